The molecule has 0 fully saturated rings. The predicted molar refractivity (Wildman–Crippen MR) is 67.9 cm³/mol. The van der Waals surface area contributed by atoms with Crippen LogP contribution in [0.15, 0.2) is 16.5 Å². The first-order chi connectivity index (χ1) is 8.10. The normalized spacial score (nSPS) is 11.5. The highest BCUT2D eigenvalue weighted by molar-refractivity contribution is 5.92. The van der Waals surface area contributed by atoms with E-state index in [1.54, 1.807) is 6.07 Å². The summed E-state index contributed by atoms with van der Waals surface area (Å²) in [6, 6.07) is 3.54. The molecule has 0 atom stereocenters. The third-order valence-electron chi connectivity index (χ3n) is 3.36. The second-order valence-electron chi connectivity index (χ2n) is 4.27. The Hall–Kier alpha value is -1.29. The molecule has 4 nitrogen and oxygen atoms in total. The molecule has 1 amide bonds. The number of amides is 1. The highest BCUT2D eigenvalue weighted by Crippen LogP contribution is 2.15. The Morgan fingerprint density at radius 3 is 2.41 bits per heavy atom. The van der Waals surface area contributed by atoms with Crippen molar-refractivity contribution < 1.29 is 9.21 Å². The summed E-state index contributed by atoms with van der Waals surface area (Å²) in [4.78, 5) is 12.0. The molecule has 0 aliphatic carbocycles. The SMILES string of the molecule is CCc1ccc(C(=O)NC(CC)(CC)CN)o1. The van der Waals surface area contributed by atoms with E-state index in [1.165, 1.54) is 0 Å². The first-order valence-electron chi connectivity index (χ1n) is 6.22. The minimum Gasteiger partial charge on any atom is -0.456 e. The fourth-order valence-corrected chi connectivity index (χ4v) is 1.76. The van der Waals surface area contributed by atoms with Crippen molar-refractivity contribution in [1.29, 1.82) is 0 Å². The Kier molecular flexibility index (Phi) is 4.75. The topological polar surface area (TPSA) is 68.3 Å². The summed E-state index contributed by atoms with van der Waals surface area (Å²) >= 11 is 0. The van der Waals surface area contributed by atoms with E-state index in [0.29, 0.717) is 12.3 Å². The van der Waals surface area contributed by atoms with Gasteiger partial charge in [0, 0.05) is 13.0 Å². The van der Waals surface area contributed by atoms with Crippen LogP contribution >= 0.6 is 0 Å². The van der Waals surface area contributed by atoms with Crippen molar-refractivity contribution in [3.8, 4) is 0 Å². The summed E-state index contributed by atoms with van der Waals surface area (Å²) in [5, 5.41) is 2.98. The third kappa shape index (κ3) is 3.09. The average Bonchev–Trinajstić information content (AvgIpc) is 2.85. The molecular formula is C13H22N2O2. The van der Waals surface area contributed by atoms with Crippen molar-refractivity contribution in [2.24, 2.45) is 5.73 Å². The zero-order valence-electron chi connectivity index (χ0n) is 10.9. The molecule has 0 spiro atoms. The first-order valence-corrected chi connectivity index (χ1v) is 6.22. The molecule has 1 rings (SSSR count). The van der Waals surface area contributed by atoms with Crippen LogP contribution in [0.5, 0.6) is 0 Å². The smallest absolute Gasteiger partial charge is 0.287 e. The van der Waals surface area contributed by atoms with Gasteiger partial charge in [-0.05, 0) is 25.0 Å². The van der Waals surface area contributed by atoms with Gasteiger partial charge >= 0.3 is 0 Å². The largest absolute Gasteiger partial charge is 0.456 e. The van der Waals surface area contributed by atoms with E-state index in [2.05, 4.69) is 5.32 Å². The molecule has 1 aromatic rings. The maximum Gasteiger partial charge on any atom is 0.287 e. The van der Waals surface area contributed by atoms with E-state index in [-0.39, 0.29) is 11.4 Å². The molecule has 1 heterocycles. The van der Waals surface area contributed by atoms with E-state index in [1.807, 2.05) is 26.8 Å². The van der Waals surface area contributed by atoms with Gasteiger partial charge in [-0.15, -0.1) is 0 Å². The van der Waals surface area contributed by atoms with Crippen LogP contribution in [0.25, 0.3) is 0 Å². The van der Waals surface area contributed by atoms with Gasteiger partial charge in [0.2, 0.25) is 0 Å². The summed E-state index contributed by atoms with van der Waals surface area (Å²) in [5.41, 5.74) is 5.42. The lowest BCUT2D eigenvalue weighted by molar-refractivity contribution is 0.0865. The van der Waals surface area contributed by atoms with Crippen LogP contribution in [0.3, 0.4) is 0 Å². The van der Waals surface area contributed by atoms with Gasteiger partial charge in [-0.25, -0.2) is 0 Å². The monoisotopic (exact) mass is 238 g/mol. The molecule has 0 aliphatic heterocycles. The Labute approximate surface area is 103 Å². The number of aryl methyl sites for hydroxylation is 1. The fraction of sp³-hybridized carbons (Fsp3) is 0.615. The van der Waals surface area contributed by atoms with Crippen molar-refractivity contribution in [2.75, 3.05) is 6.54 Å². The van der Waals surface area contributed by atoms with E-state index < -0.39 is 0 Å². The third-order valence-corrected chi connectivity index (χ3v) is 3.36. The zero-order chi connectivity index (χ0) is 12.9. The number of carbonyl (C=O) groups is 1. The lowest BCUT2D eigenvalue weighted by Crippen LogP contribution is -2.52. The highest BCUT2D eigenvalue weighted by Gasteiger charge is 2.27. The predicted octanol–water partition coefficient (Wildman–Crippen LogP) is 2.09. The van der Waals surface area contributed by atoms with Crippen molar-refractivity contribution in [1.82, 2.24) is 5.32 Å². The second-order valence-corrected chi connectivity index (χ2v) is 4.27. The molecule has 3 N–H and O–H groups in total. The number of hydrogen-bond acceptors (Lipinski definition) is 3. The van der Waals surface area contributed by atoms with Gasteiger partial charge in [-0.2, -0.15) is 0 Å². The van der Waals surface area contributed by atoms with Crippen LogP contribution in [0.1, 0.15) is 49.9 Å². The molecule has 4 heteroatoms. The Morgan fingerprint density at radius 1 is 1.35 bits per heavy atom. The molecule has 0 aromatic carbocycles. The fourth-order valence-electron chi connectivity index (χ4n) is 1.76. The molecule has 0 aliphatic rings. The minimum atomic E-state index is -0.323. The van der Waals surface area contributed by atoms with Gasteiger partial charge < -0.3 is 15.5 Å². The van der Waals surface area contributed by atoms with Gasteiger partial charge in [0.15, 0.2) is 5.76 Å². The average molecular weight is 238 g/mol. The van der Waals surface area contributed by atoms with Gasteiger partial charge in [-0.1, -0.05) is 20.8 Å². The number of nitrogens with two attached hydrogens (primary N) is 1. The van der Waals surface area contributed by atoms with Crippen LogP contribution < -0.4 is 11.1 Å². The van der Waals surface area contributed by atoms with E-state index in [9.17, 15) is 4.79 Å². The first kappa shape index (κ1) is 13.8. The van der Waals surface area contributed by atoms with Crippen LogP contribution in [0, 0.1) is 0 Å². The molecule has 96 valence electrons. The molecule has 0 bridgehead atoms. The van der Waals surface area contributed by atoms with E-state index in [0.717, 1.165) is 25.0 Å². The molecule has 0 saturated heterocycles. The number of rotatable bonds is 6. The van der Waals surface area contributed by atoms with Gasteiger partial charge in [0.1, 0.15) is 5.76 Å². The molecule has 17 heavy (non-hydrogen) atoms. The number of hydrogen-bond donors (Lipinski definition) is 2. The van der Waals surface area contributed by atoms with Crippen LogP contribution in [0.2, 0.25) is 0 Å². The zero-order valence-corrected chi connectivity index (χ0v) is 10.9. The lowest BCUT2D eigenvalue weighted by atomic mass is 9.93. The van der Waals surface area contributed by atoms with Crippen molar-refractivity contribution >= 4 is 5.91 Å². The maximum absolute atomic E-state index is 12.0. The van der Waals surface area contributed by atoms with Crippen molar-refractivity contribution in [3.05, 3.63) is 23.7 Å². The standard InChI is InChI=1S/C13H22N2O2/c1-4-10-7-8-11(17-10)12(16)15-13(5-2,6-3)9-14/h7-8H,4-6,9,14H2,1-3H3,(H,15,16). The maximum atomic E-state index is 12.0. The molecular weight excluding hydrogens is 216 g/mol. The van der Waals surface area contributed by atoms with Crippen LogP contribution in [0.4, 0.5) is 0 Å². The molecule has 0 saturated carbocycles. The Morgan fingerprint density at radius 2 is 2.00 bits per heavy atom. The molecule has 0 radical (unpaired) electrons. The van der Waals surface area contributed by atoms with Crippen LogP contribution in [-0.4, -0.2) is 18.0 Å². The summed E-state index contributed by atoms with van der Waals surface area (Å²) in [7, 11) is 0. The van der Waals surface area contributed by atoms with Gasteiger partial charge in [0.05, 0.1) is 5.54 Å². The number of carbonyl (C=O) groups excluding carboxylic acids is 1. The Balaban J connectivity index is 2.77. The lowest BCUT2D eigenvalue weighted by Gasteiger charge is -2.30. The van der Waals surface area contributed by atoms with Crippen molar-refractivity contribution in [3.63, 3.8) is 0 Å². The van der Waals surface area contributed by atoms with E-state index in [4.69, 9.17) is 10.2 Å². The quantitative estimate of drug-likeness (QED) is 0.797. The summed E-state index contributed by atoms with van der Waals surface area (Å²) < 4.78 is 5.42. The highest BCUT2D eigenvalue weighted by atomic mass is 16.3. The van der Waals surface area contributed by atoms with E-state index >= 15 is 0 Å². The summed E-state index contributed by atoms with van der Waals surface area (Å²) in [5.74, 6) is 1.00. The Bertz CT molecular complexity index is 359. The number of nitrogens with one attached hydrogen (secondary N) is 1. The minimum absolute atomic E-state index is 0.182. The molecule has 1 aromatic heterocycles. The van der Waals surface area contributed by atoms with Gasteiger partial charge in [0.25, 0.3) is 5.91 Å². The number of furan rings is 1. The second kappa shape index (κ2) is 5.87. The molecule has 0 unspecified atom stereocenters. The van der Waals surface area contributed by atoms with Crippen molar-refractivity contribution in [2.45, 2.75) is 45.6 Å². The van der Waals surface area contributed by atoms with Crippen LogP contribution in [-0.2, 0) is 6.42 Å². The summed E-state index contributed by atoms with van der Waals surface area (Å²) in [6.45, 7) is 6.47. The van der Waals surface area contributed by atoms with Gasteiger partial charge in [-0.3, -0.25) is 4.79 Å². The summed E-state index contributed by atoms with van der Waals surface area (Å²) in [6.07, 6.45) is 2.41.